The summed E-state index contributed by atoms with van der Waals surface area (Å²) in [6, 6.07) is 4.71. The molecule has 2 rings (SSSR count). The van der Waals surface area contributed by atoms with Crippen molar-refractivity contribution in [2.24, 2.45) is 5.92 Å². The summed E-state index contributed by atoms with van der Waals surface area (Å²) in [5.74, 6) is -0.393. The van der Waals surface area contributed by atoms with E-state index in [9.17, 15) is 14.4 Å². The molecule has 1 aliphatic rings. The lowest BCUT2D eigenvalue weighted by Crippen LogP contribution is -2.24. The maximum Gasteiger partial charge on any atom is 0.338 e. The third-order valence-electron chi connectivity index (χ3n) is 3.97. The van der Waals surface area contributed by atoms with E-state index in [1.807, 2.05) is 0 Å². The number of esters is 1. The molecule has 0 spiro atoms. The molecule has 130 valence electrons. The highest BCUT2D eigenvalue weighted by atomic mass is 16.5. The van der Waals surface area contributed by atoms with Gasteiger partial charge in [0.15, 0.2) is 0 Å². The number of benzene rings is 1. The first-order valence-corrected chi connectivity index (χ1v) is 8.24. The number of amides is 2. The van der Waals surface area contributed by atoms with Gasteiger partial charge in [0.25, 0.3) is 0 Å². The average molecular weight is 332 g/mol. The summed E-state index contributed by atoms with van der Waals surface area (Å²) < 4.78 is 5.60. The van der Waals surface area contributed by atoms with Crippen LogP contribution in [0.15, 0.2) is 18.2 Å². The summed E-state index contributed by atoms with van der Waals surface area (Å²) in [7, 11) is 0. The zero-order valence-electron chi connectivity index (χ0n) is 14.3. The lowest BCUT2D eigenvalue weighted by Gasteiger charge is -2.26. The standard InChI is InChI=1S/C18H24N2O4/c1-11-5-4-6-17(7-11)24-18(23)14-8-15(19-12(2)21)10-16(9-14)20-13(3)22/h8-11,17H,4-7H2,1-3H3,(H,19,21)(H,20,22). The lowest BCUT2D eigenvalue weighted by molar-refractivity contribution is -0.115. The highest BCUT2D eigenvalue weighted by molar-refractivity contribution is 5.97. The molecule has 2 amide bonds. The first-order chi connectivity index (χ1) is 11.3. The molecule has 1 aromatic carbocycles. The van der Waals surface area contributed by atoms with Gasteiger partial charge in [-0.1, -0.05) is 13.3 Å². The van der Waals surface area contributed by atoms with Crippen molar-refractivity contribution < 1.29 is 19.1 Å². The number of hydrogen-bond acceptors (Lipinski definition) is 4. The van der Waals surface area contributed by atoms with Crippen LogP contribution in [0, 0.1) is 5.92 Å². The molecule has 24 heavy (non-hydrogen) atoms. The Morgan fingerprint density at radius 3 is 2.08 bits per heavy atom. The van der Waals surface area contributed by atoms with Gasteiger partial charge in [-0.15, -0.1) is 0 Å². The van der Waals surface area contributed by atoms with Gasteiger partial charge >= 0.3 is 5.97 Å². The van der Waals surface area contributed by atoms with Crippen molar-refractivity contribution in [3.05, 3.63) is 23.8 Å². The minimum Gasteiger partial charge on any atom is -0.459 e. The summed E-state index contributed by atoms with van der Waals surface area (Å²) in [6.45, 7) is 4.92. The van der Waals surface area contributed by atoms with Gasteiger partial charge in [-0.05, 0) is 43.4 Å². The van der Waals surface area contributed by atoms with Crippen molar-refractivity contribution in [2.45, 2.75) is 52.6 Å². The normalized spacial score (nSPS) is 20.1. The van der Waals surface area contributed by atoms with Crippen LogP contribution in [-0.4, -0.2) is 23.9 Å². The fraction of sp³-hybridized carbons (Fsp3) is 0.500. The topological polar surface area (TPSA) is 84.5 Å². The maximum atomic E-state index is 12.4. The largest absolute Gasteiger partial charge is 0.459 e. The van der Waals surface area contributed by atoms with Gasteiger partial charge in [0, 0.05) is 25.2 Å². The molecule has 2 unspecified atom stereocenters. The van der Waals surface area contributed by atoms with Gasteiger partial charge < -0.3 is 15.4 Å². The van der Waals surface area contributed by atoms with E-state index in [1.165, 1.54) is 20.3 Å². The van der Waals surface area contributed by atoms with E-state index < -0.39 is 5.97 Å². The minimum absolute atomic E-state index is 0.0742. The maximum absolute atomic E-state index is 12.4. The SMILES string of the molecule is CC(=O)Nc1cc(NC(C)=O)cc(C(=O)OC2CCCC(C)C2)c1. The monoisotopic (exact) mass is 332 g/mol. The predicted molar refractivity (Wildman–Crippen MR) is 91.9 cm³/mol. The van der Waals surface area contributed by atoms with Gasteiger partial charge in [-0.3, -0.25) is 9.59 Å². The van der Waals surface area contributed by atoms with E-state index in [-0.39, 0.29) is 17.9 Å². The fourth-order valence-electron chi connectivity index (χ4n) is 3.00. The molecule has 1 saturated carbocycles. The van der Waals surface area contributed by atoms with Gasteiger partial charge in [0.2, 0.25) is 11.8 Å². The molecule has 0 saturated heterocycles. The lowest BCUT2D eigenvalue weighted by atomic mass is 9.89. The van der Waals surface area contributed by atoms with E-state index in [2.05, 4.69) is 17.6 Å². The summed E-state index contributed by atoms with van der Waals surface area (Å²) in [4.78, 5) is 35.0. The van der Waals surface area contributed by atoms with Crippen LogP contribution in [0.4, 0.5) is 11.4 Å². The molecule has 6 heteroatoms. The molecule has 1 fully saturated rings. The molecule has 0 radical (unpaired) electrons. The highest BCUT2D eigenvalue weighted by Crippen LogP contribution is 2.27. The van der Waals surface area contributed by atoms with Crippen molar-refractivity contribution >= 4 is 29.2 Å². The van der Waals surface area contributed by atoms with Crippen LogP contribution in [0.5, 0.6) is 0 Å². The Balaban J connectivity index is 2.18. The number of rotatable bonds is 4. The zero-order chi connectivity index (χ0) is 17.7. The Bertz CT molecular complexity index is 608. The van der Waals surface area contributed by atoms with Crippen molar-refractivity contribution in [2.75, 3.05) is 10.6 Å². The number of carbonyl (C=O) groups is 3. The second-order valence-corrected chi connectivity index (χ2v) is 6.46. The summed E-state index contributed by atoms with van der Waals surface area (Å²) in [6.07, 6.45) is 3.89. The van der Waals surface area contributed by atoms with Crippen molar-refractivity contribution in [1.82, 2.24) is 0 Å². The highest BCUT2D eigenvalue weighted by Gasteiger charge is 2.23. The predicted octanol–water partition coefficient (Wildman–Crippen LogP) is 3.34. The molecule has 0 aromatic heterocycles. The molecule has 1 aromatic rings. The third kappa shape index (κ3) is 5.37. The second-order valence-electron chi connectivity index (χ2n) is 6.46. The van der Waals surface area contributed by atoms with Crippen molar-refractivity contribution in [3.63, 3.8) is 0 Å². The Kier molecular flexibility index (Phi) is 5.95. The number of carbonyl (C=O) groups excluding carboxylic acids is 3. The van der Waals surface area contributed by atoms with Crippen LogP contribution < -0.4 is 10.6 Å². The van der Waals surface area contributed by atoms with E-state index in [0.29, 0.717) is 22.9 Å². The van der Waals surface area contributed by atoms with Crippen LogP contribution >= 0.6 is 0 Å². The van der Waals surface area contributed by atoms with Gasteiger partial charge in [0.1, 0.15) is 6.10 Å². The van der Waals surface area contributed by atoms with Crippen LogP contribution in [0.1, 0.15) is 56.8 Å². The van der Waals surface area contributed by atoms with Crippen molar-refractivity contribution in [3.8, 4) is 0 Å². The molecule has 1 aliphatic carbocycles. The van der Waals surface area contributed by atoms with E-state index in [1.54, 1.807) is 18.2 Å². The number of hydrogen-bond donors (Lipinski definition) is 2. The molecule has 0 heterocycles. The van der Waals surface area contributed by atoms with Gasteiger partial charge in [0.05, 0.1) is 5.56 Å². The number of anilines is 2. The zero-order valence-corrected chi connectivity index (χ0v) is 14.3. The van der Waals surface area contributed by atoms with Crippen molar-refractivity contribution in [1.29, 1.82) is 0 Å². The first-order valence-electron chi connectivity index (χ1n) is 8.24. The molecule has 0 bridgehead atoms. The molecule has 2 N–H and O–H groups in total. The van der Waals surface area contributed by atoms with Crippen LogP contribution in [0.3, 0.4) is 0 Å². The summed E-state index contributed by atoms with van der Waals surface area (Å²) in [5.41, 5.74) is 1.19. The van der Waals surface area contributed by atoms with Crippen LogP contribution in [0.25, 0.3) is 0 Å². The summed E-state index contributed by atoms with van der Waals surface area (Å²) in [5, 5.41) is 5.25. The first kappa shape index (κ1) is 18.0. The van der Waals surface area contributed by atoms with Crippen LogP contribution in [0.2, 0.25) is 0 Å². The number of nitrogens with one attached hydrogen (secondary N) is 2. The second kappa shape index (κ2) is 7.95. The van der Waals surface area contributed by atoms with E-state index >= 15 is 0 Å². The van der Waals surface area contributed by atoms with E-state index in [4.69, 9.17) is 4.74 Å². The quantitative estimate of drug-likeness (QED) is 0.828. The average Bonchev–Trinajstić information content (AvgIpc) is 2.45. The Labute approximate surface area is 142 Å². The van der Waals surface area contributed by atoms with Gasteiger partial charge in [-0.25, -0.2) is 4.79 Å². The smallest absolute Gasteiger partial charge is 0.338 e. The number of ether oxygens (including phenoxy) is 1. The Hall–Kier alpha value is -2.37. The van der Waals surface area contributed by atoms with E-state index in [0.717, 1.165) is 19.3 Å². The van der Waals surface area contributed by atoms with Crippen LogP contribution in [-0.2, 0) is 14.3 Å². The summed E-state index contributed by atoms with van der Waals surface area (Å²) >= 11 is 0. The molecular formula is C18H24N2O4. The Morgan fingerprint density at radius 2 is 1.58 bits per heavy atom. The molecular weight excluding hydrogens is 308 g/mol. The van der Waals surface area contributed by atoms with Gasteiger partial charge in [-0.2, -0.15) is 0 Å². The minimum atomic E-state index is -0.437. The third-order valence-corrected chi connectivity index (χ3v) is 3.97. The molecule has 6 nitrogen and oxygen atoms in total. The fourth-order valence-corrected chi connectivity index (χ4v) is 3.00. The Morgan fingerprint density at radius 1 is 1.00 bits per heavy atom. The molecule has 2 atom stereocenters. The molecule has 0 aliphatic heterocycles.